The average molecular weight is 493 g/mol. The van der Waals surface area contributed by atoms with Gasteiger partial charge in [0.05, 0.1) is 23.9 Å². The first kappa shape index (κ1) is 25.3. The van der Waals surface area contributed by atoms with Crippen LogP contribution in [0, 0.1) is 18.3 Å². The van der Waals surface area contributed by atoms with E-state index in [2.05, 4.69) is 10.5 Å². The molecule has 0 aliphatic heterocycles. The highest BCUT2D eigenvalue weighted by atomic mass is 32.2. The van der Waals surface area contributed by atoms with Gasteiger partial charge in [0.15, 0.2) is 6.61 Å². The van der Waals surface area contributed by atoms with Crippen molar-refractivity contribution in [3.05, 3.63) is 83.9 Å². The van der Waals surface area contributed by atoms with Gasteiger partial charge >= 0.3 is 0 Å². The number of ether oxygens (including phenoxy) is 2. The minimum atomic E-state index is -4.05. The van der Waals surface area contributed by atoms with E-state index in [1.165, 1.54) is 25.5 Å². The molecule has 0 atom stereocenters. The van der Waals surface area contributed by atoms with Crippen LogP contribution in [0.5, 0.6) is 11.5 Å². The summed E-state index contributed by atoms with van der Waals surface area (Å²) in [5.74, 6) is 0.431. The minimum Gasteiger partial charge on any atom is -0.497 e. The second kappa shape index (κ2) is 11.7. The van der Waals surface area contributed by atoms with Gasteiger partial charge in [0.1, 0.15) is 24.1 Å². The van der Waals surface area contributed by atoms with Crippen molar-refractivity contribution in [2.45, 2.75) is 11.8 Å². The van der Waals surface area contributed by atoms with Crippen molar-refractivity contribution in [3.63, 3.8) is 0 Å². The maximum atomic E-state index is 13.4. The molecule has 0 heterocycles. The molecule has 0 bridgehead atoms. The maximum Gasteiger partial charge on any atom is 0.264 e. The highest BCUT2D eigenvalue weighted by molar-refractivity contribution is 7.92. The largest absolute Gasteiger partial charge is 0.497 e. The zero-order valence-electron chi connectivity index (χ0n) is 19.2. The van der Waals surface area contributed by atoms with E-state index >= 15 is 0 Å². The summed E-state index contributed by atoms with van der Waals surface area (Å²) in [5, 5.41) is 12.5. The van der Waals surface area contributed by atoms with Crippen LogP contribution in [-0.2, 0) is 14.8 Å². The van der Waals surface area contributed by atoms with Gasteiger partial charge in [-0.3, -0.25) is 9.10 Å². The molecule has 3 rings (SSSR count). The van der Waals surface area contributed by atoms with Gasteiger partial charge in [-0.25, -0.2) is 13.8 Å². The first-order valence-corrected chi connectivity index (χ1v) is 11.9. The van der Waals surface area contributed by atoms with Crippen molar-refractivity contribution in [1.82, 2.24) is 5.43 Å². The molecule has 3 aromatic carbocycles. The quantitative estimate of drug-likeness (QED) is 0.343. The topological polar surface area (TPSA) is 121 Å². The first-order chi connectivity index (χ1) is 16.8. The average Bonchev–Trinajstić information content (AvgIpc) is 2.87. The number of hydrogen-bond donors (Lipinski definition) is 1. The number of anilines is 1. The number of hydrazone groups is 1. The lowest BCUT2D eigenvalue weighted by molar-refractivity contribution is -0.119. The van der Waals surface area contributed by atoms with Crippen molar-refractivity contribution >= 4 is 27.8 Å². The van der Waals surface area contributed by atoms with Crippen LogP contribution in [0.1, 0.15) is 11.1 Å². The number of sulfonamides is 1. The van der Waals surface area contributed by atoms with Crippen LogP contribution < -0.4 is 19.2 Å². The Morgan fingerprint density at radius 3 is 2.26 bits per heavy atom. The smallest absolute Gasteiger partial charge is 0.264 e. The lowest BCUT2D eigenvalue weighted by atomic mass is 10.2. The molecule has 0 saturated heterocycles. The van der Waals surface area contributed by atoms with E-state index in [0.29, 0.717) is 22.7 Å². The molecule has 1 amide bonds. The molecule has 3 aromatic rings. The van der Waals surface area contributed by atoms with Crippen molar-refractivity contribution in [2.24, 2.45) is 5.10 Å². The van der Waals surface area contributed by atoms with Gasteiger partial charge in [-0.1, -0.05) is 17.7 Å². The molecule has 0 aromatic heterocycles. The molecule has 0 aliphatic carbocycles. The Morgan fingerprint density at radius 2 is 1.66 bits per heavy atom. The number of carbonyl (C=O) groups is 1. The Balaban J connectivity index is 1.76. The number of aryl methyl sites for hydroxylation is 1. The predicted octanol–water partition coefficient (Wildman–Crippen LogP) is 3.25. The molecule has 0 saturated carbocycles. The third-order valence-corrected chi connectivity index (χ3v) is 6.63. The molecular formula is C25H24N4O5S. The van der Waals surface area contributed by atoms with Crippen molar-refractivity contribution in [3.8, 4) is 17.6 Å². The van der Waals surface area contributed by atoms with Crippen LogP contribution in [0.2, 0.25) is 0 Å². The second-order valence-corrected chi connectivity index (χ2v) is 9.19. The number of benzene rings is 3. The fraction of sp³-hybridized carbons (Fsp3) is 0.160. The molecule has 0 radical (unpaired) electrons. The van der Waals surface area contributed by atoms with Crippen LogP contribution in [0.25, 0.3) is 0 Å². The molecule has 0 unspecified atom stereocenters. The van der Waals surface area contributed by atoms with Crippen LogP contribution in [0.3, 0.4) is 0 Å². The minimum absolute atomic E-state index is 0.0221. The number of nitriles is 1. The Kier molecular flexibility index (Phi) is 8.43. The van der Waals surface area contributed by atoms with Gasteiger partial charge in [-0.2, -0.15) is 10.4 Å². The molecule has 1 N–H and O–H groups in total. The van der Waals surface area contributed by atoms with E-state index in [0.717, 1.165) is 9.87 Å². The number of methoxy groups -OCH3 is 1. The number of hydrogen-bond acceptors (Lipinski definition) is 7. The molecule has 180 valence electrons. The number of rotatable bonds is 10. The zero-order valence-corrected chi connectivity index (χ0v) is 20.0. The number of carbonyl (C=O) groups excluding carboxylic acids is 1. The Hall–Kier alpha value is -4.36. The van der Waals surface area contributed by atoms with E-state index in [1.807, 2.05) is 13.0 Å². The fourth-order valence-electron chi connectivity index (χ4n) is 3.01. The standard InChI is InChI=1S/C25H24N4O5S/c1-19-3-7-21(8-4-19)29(35(31,32)24-13-11-22(33-2)12-14-24)18-25(30)28-27-17-20-5-9-23(10-6-20)34-16-15-26/h3-14,17H,16,18H2,1-2H3,(H,28,30)/b27-17+. The molecule has 0 fully saturated rings. The van der Waals surface area contributed by atoms with Crippen molar-refractivity contribution < 1.29 is 22.7 Å². The highest BCUT2D eigenvalue weighted by Crippen LogP contribution is 2.25. The summed E-state index contributed by atoms with van der Waals surface area (Å²) in [6.45, 7) is 1.35. The van der Waals surface area contributed by atoms with Gasteiger partial charge in [0.2, 0.25) is 0 Å². The lowest BCUT2D eigenvalue weighted by Gasteiger charge is -2.24. The third kappa shape index (κ3) is 6.82. The molecule has 0 spiro atoms. The second-order valence-electron chi connectivity index (χ2n) is 7.33. The summed E-state index contributed by atoms with van der Waals surface area (Å²) in [6.07, 6.45) is 1.42. The Bertz CT molecular complexity index is 1310. The van der Waals surface area contributed by atoms with Crippen LogP contribution in [0.15, 0.2) is 82.8 Å². The summed E-state index contributed by atoms with van der Waals surface area (Å²) in [4.78, 5) is 12.7. The summed E-state index contributed by atoms with van der Waals surface area (Å²) < 4.78 is 38.1. The highest BCUT2D eigenvalue weighted by Gasteiger charge is 2.27. The first-order valence-electron chi connectivity index (χ1n) is 10.5. The Morgan fingerprint density at radius 1 is 1.03 bits per heavy atom. The molecule has 35 heavy (non-hydrogen) atoms. The van der Waals surface area contributed by atoms with Crippen LogP contribution in [-0.4, -0.2) is 40.8 Å². The zero-order chi connectivity index (χ0) is 25.3. The van der Waals surface area contributed by atoms with E-state index in [9.17, 15) is 13.2 Å². The molecule has 9 nitrogen and oxygen atoms in total. The number of amides is 1. The number of nitrogens with one attached hydrogen (secondary N) is 1. The summed E-state index contributed by atoms with van der Waals surface area (Å²) in [5.41, 5.74) is 4.34. The summed E-state index contributed by atoms with van der Waals surface area (Å²) >= 11 is 0. The number of nitrogens with zero attached hydrogens (tertiary/aromatic N) is 3. The summed E-state index contributed by atoms with van der Waals surface area (Å²) in [6, 6.07) is 21.4. The van der Waals surface area contributed by atoms with E-state index in [1.54, 1.807) is 60.7 Å². The lowest BCUT2D eigenvalue weighted by Crippen LogP contribution is -2.39. The van der Waals surface area contributed by atoms with E-state index < -0.39 is 22.5 Å². The van der Waals surface area contributed by atoms with Crippen LogP contribution in [0.4, 0.5) is 5.69 Å². The fourth-order valence-corrected chi connectivity index (χ4v) is 4.43. The van der Waals surface area contributed by atoms with Gasteiger partial charge in [-0.15, -0.1) is 0 Å². The van der Waals surface area contributed by atoms with E-state index in [4.69, 9.17) is 14.7 Å². The van der Waals surface area contributed by atoms with Gasteiger partial charge in [0.25, 0.3) is 15.9 Å². The normalized spacial score (nSPS) is 11.0. The van der Waals surface area contributed by atoms with Crippen LogP contribution >= 0.6 is 0 Å². The van der Waals surface area contributed by atoms with E-state index in [-0.39, 0.29) is 11.5 Å². The maximum absolute atomic E-state index is 13.4. The van der Waals surface area contributed by atoms with Crippen molar-refractivity contribution in [2.75, 3.05) is 24.6 Å². The predicted molar refractivity (Wildman–Crippen MR) is 132 cm³/mol. The monoisotopic (exact) mass is 492 g/mol. The molecular weight excluding hydrogens is 468 g/mol. The van der Waals surface area contributed by atoms with Gasteiger partial charge in [0, 0.05) is 0 Å². The molecule has 10 heteroatoms. The third-order valence-electron chi connectivity index (χ3n) is 4.84. The van der Waals surface area contributed by atoms with Gasteiger partial charge < -0.3 is 9.47 Å². The SMILES string of the molecule is COc1ccc(S(=O)(=O)N(CC(=O)N/N=C/c2ccc(OCC#N)cc2)c2ccc(C)cc2)cc1. The Labute approximate surface area is 204 Å². The summed E-state index contributed by atoms with van der Waals surface area (Å²) in [7, 11) is -2.56. The van der Waals surface area contributed by atoms with Gasteiger partial charge in [-0.05, 0) is 73.2 Å². The van der Waals surface area contributed by atoms with Crippen molar-refractivity contribution in [1.29, 1.82) is 5.26 Å². The molecule has 0 aliphatic rings.